The number of hydrogen-bond acceptors (Lipinski definition) is 6. The molecule has 0 spiro atoms. The highest BCUT2D eigenvalue weighted by Crippen LogP contribution is 2.49. The van der Waals surface area contributed by atoms with Gasteiger partial charge < -0.3 is 9.47 Å². The highest BCUT2D eigenvalue weighted by molar-refractivity contribution is 7.14. The molecule has 2 fully saturated rings. The van der Waals surface area contributed by atoms with Gasteiger partial charge in [-0.3, -0.25) is 14.9 Å². The molecular formula is C21H24N2O4S. The number of carbonyl (C=O) groups excluding carboxylic acids is 2. The van der Waals surface area contributed by atoms with Crippen LogP contribution in [0.1, 0.15) is 32.1 Å². The summed E-state index contributed by atoms with van der Waals surface area (Å²) >= 11 is 1.34. The van der Waals surface area contributed by atoms with Gasteiger partial charge in [-0.2, -0.15) is 0 Å². The summed E-state index contributed by atoms with van der Waals surface area (Å²) in [5.41, 5.74) is 1.71. The highest BCUT2D eigenvalue weighted by atomic mass is 32.1. The molecule has 1 heterocycles. The second kappa shape index (κ2) is 8.31. The van der Waals surface area contributed by atoms with E-state index in [9.17, 15) is 9.59 Å². The van der Waals surface area contributed by atoms with Crippen LogP contribution in [0.15, 0.2) is 29.6 Å². The molecule has 28 heavy (non-hydrogen) atoms. The van der Waals surface area contributed by atoms with Crippen molar-refractivity contribution in [3.8, 4) is 17.0 Å². The van der Waals surface area contributed by atoms with Crippen molar-refractivity contribution in [2.45, 2.75) is 32.1 Å². The van der Waals surface area contributed by atoms with E-state index in [2.05, 4.69) is 10.3 Å². The minimum absolute atomic E-state index is 0.267. The van der Waals surface area contributed by atoms with Gasteiger partial charge in [-0.25, -0.2) is 4.98 Å². The molecule has 3 atom stereocenters. The Labute approximate surface area is 168 Å². The molecule has 2 aliphatic rings. The van der Waals surface area contributed by atoms with Crippen molar-refractivity contribution in [3.05, 3.63) is 29.6 Å². The van der Waals surface area contributed by atoms with Crippen molar-refractivity contribution >= 4 is 28.3 Å². The molecule has 3 unspecified atom stereocenters. The number of rotatable bonds is 7. The quantitative estimate of drug-likeness (QED) is 0.707. The number of hydrogen-bond donors (Lipinski definition) is 1. The summed E-state index contributed by atoms with van der Waals surface area (Å²) in [4.78, 5) is 28.5. The summed E-state index contributed by atoms with van der Waals surface area (Å²) in [5, 5.41) is 5.06. The number of nitrogens with zero attached hydrogens (tertiary/aromatic N) is 1. The first kappa shape index (κ1) is 18.9. The van der Waals surface area contributed by atoms with Gasteiger partial charge in [-0.15, -0.1) is 11.3 Å². The minimum atomic E-state index is -0.364. The first-order valence-corrected chi connectivity index (χ1v) is 10.5. The smallest absolute Gasteiger partial charge is 0.306 e. The average Bonchev–Trinajstić information content (AvgIpc) is 3.44. The number of methoxy groups -OCH3 is 1. The Morgan fingerprint density at radius 3 is 2.71 bits per heavy atom. The van der Waals surface area contributed by atoms with Gasteiger partial charge in [0.2, 0.25) is 0 Å². The van der Waals surface area contributed by atoms with Crippen molar-refractivity contribution in [2.24, 2.45) is 17.8 Å². The molecular weight excluding hydrogens is 376 g/mol. The zero-order valence-electron chi connectivity index (χ0n) is 15.8. The maximum Gasteiger partial charge on any atom is 0.306 e. The standard InChI is InChI=1S/C21H24N2O4S/c1-26-17-6-4-14(5-7-17)18-12-28-21(22-18)23-19(24)11-27-20(25)10-16-9-13-2-3-15(16)8-13/h4-7,12-13,15-16H,2-3,8-11H2,1H3,(H,22,23,24). The van der Waals surface area contributed by atoms with E-state index in [1.165, 1.54) is 30.6 Å². The van der Waals surface area contributed by atoms with Gasteiger partial charge in [0.15, 0.2) is 11.7 Å². The number of anilines is 1. The fourth-order valence-corrected chi connectivity index (χ4v) is 5.16. The van der Waals surface area contributed by atoms with Crippen LogP contribution in [0.5, 0.6) is 5.75 Å². The Morgan fingerprint density at radius 1 is 1.21 bits per heavy atom. The molecule has 4 rings (SSSR count). The third kappa shape index (κ3) is 4.35. The normalized spacial score (nSPS) is 22.8. The van der Waals surface area contributed by atoms with Crippen molar-refractivity contribution in [3.63, 3.8) is 0 Å². The molecule has 2 bridgehead atoms. The van der Waals surface area contributed by atoms with Crippen molar-refractivity contribution in [1.82, 2.24) is 4.98 Å². The summed E-state index contributed by atoms with van der Waals surface area (Å²) in [6, 6.07) is 7.55. The number of ether oxygens (including phenoxy) is 2. The molecule has 0 radical (unpaired) electrons. The van der Waals surface area contributed by atoms with Gasteiger partial charge in [0.05, 0.1) is 12.8 Å². The van der Waals surface area contributed by atoms with Crippen LogP contribution in [0.3, 0.4) is 0 Å². The molecule has 1 amide bonds. The van der Waals surface area contributed by atoms with Crippen LogP contribution in [-0.4, -0.2) is 30.6 Å². The Kier molecular flexibility index (Phi) is 5.62. The number of nitrogens with one attached hydrogen (secondary N) is 1. The number of amides is 1. The fraction of sp³-hybridized carbons (Fsp3) is 0.476. The van der Waals surface area contributed by atoms with Crippen LogP contribution < -0.4 is 10.1 Å². The molecule has 1 N–H and O–H groups in total. The Hall–Kier alpha value is -2.41. The van der Waals surface area contributed by atoms with E-state index in [1.807, 2.05) is 29.6 Å². The van der Waals surface area contributed by atoms with E-state index in [0.29, 0.717) is 23.4 Å². The fourth-order valence-electron chi connectivity index (χ4n) is 4.43. The highest BCUT2D eigenvalue weighted by Gasteiger charge is 2.40. The molecule has 1 aromatic heterocycles. The maximum absolute atomic E-state index is 12.1. The minimum Gasteiger partial charge on any atom is -0.497 e. The summed E-state index contributed by atoms with van der Waals surface area (Å²) < 4.78 is 10.3. The zero-order chi connectivity index (χ0) is 19.5. The first-order chi connectivity index (χ1) is 13.6. The summed E-state index contributed by atoms with van der Waals surface area (Å²) in [5.74, 6) is 2.07. The van der Waals surface area contributed by atoms with Gasteiger partial charge in [0, 0.05) is 17.4 Å². The second-order valence-electron chi connectivity index (χ2n) is 7.61. The summed E-state index contributed by atoms with van der Waals surface area (Å²) in [6.07, 6.45) is 5.39. The van der Waals surface area contributed by atoms with Gasteiger partial charge >= 0.3 is 5.97 Å². The molecule has 6 nitrogen and oxygen atoms in total. The Morgan fingerprint density at radius 2 is 2.04 bits per heavy atom. The first-order valence-electron chi connectivity index (χ1n) is 9.66. The van der Waals surface area contributed by atoms with E-state index in [1.54, 1.807) is 7.11 Å². The van der Waals surface area contributed by atoms with Crippen molar-refractivity contribution in [2.75, 3.05) is 19.0 Å². The van der Waals surface area contributed by atoms with Crippen LogP contribution in [-0.2, 0) is 14.3 Å². The van der Waals surface area contributed by atoms with E-state index >= 15 is 0 Å². The van der Waals surface area contributed by atoms with E-state index in [4.69, 9.17) is 9.47 Å². The average molecular weight is 401 g/mol. The lowest BCUT2D eigenvalue weighted by molar-refractivity contribution is -0.148. The number of fused-ring (bicyclic) bond motifs is 2. The van der Waals surface area contributed by atoms with Crippen LogP contribution in [0, 0.1) is 17.8 Å². The number of carbonyl (C=O) groups is 2. The van der Waals surface area contributed by atoms with Crippen LogP contribution in [0.4, 0.5) is 5.13 Å². The molecule has 0 saturated heterocycles. The Bertz CT molecular complexity index is 848. The number of benzene rings is 1. The lowest BCUT2D eigenvalue weighted by Gasteiger charge is -2.20. The number of aromatic nitrogens is 1. The van der Waals surface area contributed by atoms with E-state index in [0.717, 1.165) is 29.3 Å². The monoisotopic (exact) mass is 400 g/mol. The molecule has 148 valence electrons. The SMILES string of the molecule is COc1ccc(-c2csc(NC(=O)COC(=O)CC3CC4CCC3C4)n2)cc1. The maximum atomic E-state index is 12.1. The number of esters is 1. The topological polar surface area (TPSA) is 77.5 Å². The van der Waals surface area contributed by atoms with Gasteiger partial charge in [0.1, 0.15) is 5.75 Å². The Balaban J connectivity index is 1.23. The van der Waals surface area contributed by atoms with Crippen molar-refractivity contribution < 1.29 is 19.1 Å². The van der Waals surface area contributed by atoms with Gasteiger partial charge in [-0.1, -0.05) is 6.42 Å². The molecule has 7 heteroatoms. The third-order valence-electron chi connectivity index (χ3n) is 5.81. The third-order valence-corrected chi connectivity index (χ3v) is 6.57. The molecule has 2 aromatic rings. The van der Waals surface area contributed by atoms with Gasteiger partial charge in [-0.05, 0) is 61.3 Å². The van der Waals surface area contributed by atoms with Crippen LogP contribution >= 0.6 is 11.3 Å². The summed E-state index contributed by atoms with van der Waals surface area (Å²) in [7, 11) is 1.62. The lowest BCUT2D eigenvalue weighted by Crippen LogP contribution is -2.23. The van der Waals surface area contributed by atoms with Crippen molar-refractivity contribution in [1.29, 1.82) is 0 Å². The van der Waals surface area contributed by atoms with Crippen LogP contribution in [0.25, 0.3) is 11.3 Å². The molecule has 2 saturated carbocycles. The van der Waals surface area contributed by atoms with E-state index in [-0.39, 0.29) is 18.5 Å². The second-order valence-corrected chi connectivity index (χ2v) is 8.47. The number of thiazole rings is 1. The zero-order valence-corrected chi connectivity index (χ0v) is 16.7. The lowest BCUT2D eigenvalue weighted by atomic mass is 9.86. The van der Waals surface area contributed by atoms with Crippen LogP contribution in [0.2, 0.25) is 0 Å². The molecule has 1 aromatic carbocycles. The van der Waals surface area contributed by atoms with Gasteiger partial charge in [0.25, 0.3) is 5.91 Å². The van der Waals surface area contributed by atoms with E-state index < -0.39 is 0 Å². The molecule has 2 aliphatic carbocycles. The largest absolute Gasteiger partial charge is 0.497 e. The summed E-state index contributed by atoms with van der Waals surface area (Å²) in [6.45, 7) is -0.267. The predicted octanol–water partition coefficient (Wildman–Crippen LogP) is 4.13. The molecule has 0 aliphatic heterocycles. The predicted molar refractivity (Wildman–Crippen MR) is 107 cm³/mol.